The molecule has 2 heteroatoms. The van der Waals surface area contributed by atoms with Gasteiger partial charge in [-0.25, -0.2) is 0 Å². The number of aldehydes is 1. The predicted octanol–water partition coefficient (Wildman–Crippen LogP) is 2.00. The monoisotopic (exact) mass is 190 g/mol. The van der Waals surface area contributed by atoms with Gasteiger partial charge in [-0.3, -0.25) is 0 Å². The van der Waals surface area contributed by atoms with Crippen molar-refractivity contribution in [2.24, 2.45) is 5.92 Å². The molecule has 1 aromatic rings. The molecule has 2 nitrogen and oxygen atoms in total. The van der Waals surface area contributed by atoms with E-state index in [2.05, 4.69) is 6.07 Å². The predicted molar refractivity (Wildman–Crippen MR) is 54.6 cm³/mol. The van der Waals surface area contributed by atoms with Crippen LogP contribution in [-0.2, 0) is 17.6 Å². The third-order valence-corrected chi connectivity index (χ3v) is 2.89. The Kier molecular flexibility index (Phi) is 2.53. The van der Waals surface area contributed by atoms with E-state index in [1.807, 2.05) is 12.1 Å². The van der Waals surface area contributed by atoms with Gasteiger partial charge in [0.25, 0.3) is 0 Å². The number of aryl methyl sites for hydroxylation is 1. The highest BCUT2D eigenvalue weighted by molar-refractivity contribution is 5.57. The average molecular weight is 190 g/mol. The second-order valence-corrected chi connectivity index (χ2v) is 3.74. The first kappa shape index (κ1) is 9.25. The van der Waals surface area contributed by atoms with Crippen molar-refractivity contribution in [3.05, 3.63) is 29.3 Å². The molecule has 0 radical (unpaired) electrons. The van der Waals surface area contributed by atoms with Crippen molar-refractivity contribution in [1.29, 1.82) is 0 Å². The molecule has 0 heterocycles. The maximum absolute atomic E-state index is 10.7. The Labute approximate surface area is 83.9 Å². The van der Waals surface area contributed by atoms with E-state index in [0.29, 0.717) is 0 Å². The van der Waals surface area contributed by atoms with Crippen molar-refractivity contribution in [2.45, 2.75) is 19.3 Å². The van der Waals surface area contributed by atoms with Gasteiger partial charge in [0.1, 0.15) is 12.0 Å². The van der Waals surface area contributed by atoms with Crippen LogP contribution in [0, 0.1) is 5.92 Å². The molecular formula is C12H14O2. The lowest BCUT2D eigenvalue weighted by atomic mass is 9.84. The van der Waals surface area contributed by atoms with Crippen LogP contribution in [0.4, 0.5) is 0 Å². The van der Waals surface area contributed by atoms with Gasteiger partial charge >= 0.3 is 0 Å². The summed E-state index contributed by atoms with van der Waals surface area (Å²) < 4.78 is 5.29. The van der Waals surface area contributed by atoms with Crippen LogP contribution in [-0.4, -0.2) is 13.4 Å². The van der Waals surface area contributed by atoms with E-state index in [0.717, 1.165) is 31.3 Å². The summed E-state index contributed by atoms with van der Waals surface area (Å²) in [6.45, 7) is 0. The number of fused-ring (bicyclic) bond motifs is 1. The topological polar surface area (TPSA) is 26.3 Å². The van der Waals surface area contributed by atoms with Gasteiger partial charge in [0, 0.05) is 5.92 Å². The number of hydrogen-bond donors (Lipinski definition) is 0. The standard InChI is InChI=1S/C12H14O2/c1-14-12-4-2-3-10-6-5-9(8-13)7-11(10)12/h2-4,8-9H,5-7H2,1H3. The number of methoxy groups -OCH3 is 1. The minimum atomic E-state index is 0.179. The SMILES string of the molecule is COc1cccc2c1CC(C=O)CC2. The van der Waals surface area contributed by atoms with E-state index in [9.17, 15) is 4.79 Å². The number of carbonyl (C=O) groups is 1. The normalized spacial score (nSPS) is 19.9. The Hall–Kier alpha value is -1.31. The molecule has 0 aromatic heterocycles. The zero-order chi connectivity index (χ0) is 9.97. The number of ether oxygens (including phenoxy) is 1. The highest BCUT2D eigenvalue weighted by Gasteiger charge is 2.20. The fourth-order valence-electron chi connectivity index (χ4n) is 2.09. The van der Waals surface area contributed by atoms with E-state index in [1.165, 1.54) is 11.1 Å². The van der Waals surface area contributed by atoms with Crippen LogP contribution >= 0.6 is 0 Å². The molecule has 14 heavy (non-hydrogen) atoms. The molecular weight excluding hydrogens is 176 g/mol. The smallest absolute Gasteiger partial charge is 0.123 e. The van der Waals surface area contributed by atoms with Gasteiger partial charge in [0.15, 0.2) is 0 Å². The van der Waals surface area contributed by atoms with Crippen LogP contribution in [0.15, 0.2) is 18.2 Å². The summed E-state index contributed by atoms with van der Waals surface area (Å²) in [5.41, 5.74) is 2.56. The van der Waals surface area contributed by atoms with E-state index in [-0.39, 0.29) is 5.92 Å². The second-order valence-electron chi connectivity index (χ2n) is 3.74. The molecule has 1 aromatic carbocycles. The van der Waals surface area contributed by atoms with Gasteiger partial charge in [-0.05, 0) is 36.5 Å². The Bertz CT molecular complexity index is 330. The van der Waals surface area contributed by atoms with Gasteiger partial charge in [0.05, 0.1) is 7.11 Å². The Morgan fingerprint density at radius 3 is 3.07 bits per heavy atom. The Morgan fingerprint density at radius 1 is 1.50 bits per heavy atom. The summed E-state index contributed by atoms with van der Waals surface area (Å²) in [7, 11) is 1.68. The summed E-state index contributed by atoms with van der Waals surface area (Å²) in [6, 6.07) is 6.10. The van der Waals surface area contributed by atoms with Crippen molar-refractivity contribution in [2.75, 3.05) is 7.11 Å². The van der Waals surface area contributed by atoms with Crippen molar-refractivity contribution < 1.29 is 9.53 Å². The van der Waals surface area contributed by atoms with Crippen LogP contribution in [0.2, 0.25) is 0 Å². The highest BCUT2D eigenvalue weighted by Crippen LogP contribution is 2.31. The first-order chi connectivity index (χ1) is 6.85. The van der Waals surface area contributed by atoms with Crippen molar-refractivity contribution >= 4 is 6.29 Å². The third kappa shape index (κ3) is 1.52. The molecule has 1 aliphatic rings. The van der Waals surface area contributed by atoms with Gasteiger partial charge in [-0.15, -0.1) is 0 Å². The van der Waals surface area contributed by atoms with E-state index < -0.39 is 0 Å². The molecule has 74 valence electrons. The number of rotatable bonds is 2. The first-order valence-corrected chi connectivity index (χ1v) is 4.95. The molecule has 0 spiro atoms. The zero-order valence-corrected chi connectivity index (χ0v) is 8.32. The molecule has 0 bridgehead atoms. The molecule has 0 aliphatic heterocycles. The average Bonchev–Trinajstić information content (AvgIpc) is 2.27. The van der Waals surface area contributed by atoms with Gasteiger partial charge in [-0.1, -0.05) is 12.1 Å². The summed E-state index contributed by atoms with van der Waals surface area (Å²) in [6.07, 6.45) is 3.87. The lowest BCUT2D eigenvalue weighted by Crippen LogP contribution is -2.15. The quantitative estimate of drug-likeness (QED) is 0.667. The minimum absolute atomic E-state index is 0.179. The first-order valence-electron chi connectivity index (χ1n) is 4.95. The molecule has 0 N–H and O–H groups in total. The van der Waals surface area contributed by atoms with Crippen LogP contribution in [0.25, 0.3) is 0 Å². The molecule has 0 fully saturated rings. The van der Waals surface area contributed by atoms with E-state index >= 15 is 0 Å². The summed E-state index contributed by atoms with van der Waals surface area (Å²) in [5, 5.41) is 0. The van der Waals surface area contributed by atoms with Crippen LogP contribution in [0.1, 0.15) is 17.5 Å². The summed E-state index contributed by atoms with van der Waals surface area (Å²) >= 11 is 0. The fourth-order valence-corrected chi connectivity index (χ4v) is 2.09. The fraction of sp³-hybridized carbons (Fsp3) is 0.417. The van der Waals surface area contributed by atoms with Crippen molar-refractivity contribution in [3.8, 4) is 5.75 Å². The van der Waals surface area contributed by atoms with Crippen molar-refractivity contribution in [3.63, 3.8) is 0 Å². The van der Waals surface area contributed by atoms with Crippen LogP contribution in [0.3, 0.4) is 0 Å². The molecule has 0 saturated carbocycles. The van der Waals surface area contributed by atoms with Gasteiger partial charge < -0.3 is 9.53 Å². The summed E-state index contributed by atoms with van der Waals surface area (Å²) in [5.74, 6) is 1.10. The second kappa shape index (κ2) is 3.82. The van der Waals surface area contributed by atoms with E-state index in [1.54, 1.807) is 7.11 Å². The molecule has 2 rings (SSSR count). The number of benzene rings is 1. The minimum Gasteiger partial charge on any atom is -0.496 e. The largest absolute Gasteiger partial charge is 0.496 e. The Balaban J connectivity index is 2.37. The summed E-state index contributed by atoms with van der Waals surface area (Å²) in [4.78, 5) is 10.7. The lowest BCUT2D eigenvalue weighted by Gasteiger charge is -2.22. The van der Waals surface area contributed by atoms with Crippen LogP contribution < -0.4 is 4.74 Å². The molecule has 1 atom stereocenters. The maximum Gasteiger partial charge on any atom is 0.123 e. The molecule has 0 saturated heterocycles. The van der Waals surface area contributed by atoms with Crippen LogP contribution in [0.5, 0.6) is 5.75 Å². The molecule has 1 aliphatic carbocycles. The van der Waals surface area contributed by atoms with Gasteiger partial charge in [0.2, 0.25) is 0 Å². The lowest BCUT2D eigenvalue weighted by molar-refractivity contribution is -0.111. The third-order valence-electron chi connectivity index (χ3n) is 2.89. The maximum atomic E-state index is 10.7. The number of carbonyl (C=O) groups excluding carboxylic acids is 1. The van der Waals surface area contributed by atoms with Crippen molar-refractivity contribution in [1.82, 2.24) is 0 Å². The number of hydrogen-bond acceptors (Lipinski definition) is 2. The Morgan fingerprint density at radius 2 is 2.36 bits per heavy atom. The van der Waals surface area contributed by atoms with E-state index in [4.69, 9.17) is 4.74 Å². The molecule has 1 unspecified atom stereocenters. The van der Waals surface area contributed by atoms with Gasteiger partial charge in [-0.2, -0.15) is 0 Å². The highest BCUT2D eigenvalue weighted by atomic mass is 16.5. The molecule has 0 amide bonds. The zero-order valence-electron chi connectivity index (χ0n) is 8.32.